The molecule has 0 saturated heterocycles. The lowest BCUT2D eigenvalue weighted by Crippen LogP contribution is -2.18. The zero-order valence-electron chi connectivity index (χ0n) is 15.6. The van der Waals surface area contributed by atoms with Crippen molar-refractivity contribution in [2.45, 2.75) is 26.1 Å². The van der Waals surface area contributed by atoms with E-state index in [0.717, 1.165) is 0 Å². The fraction of sp³-hybridized carbons (Fsp3) is 0.300. The molecule has 0 heterocycles. The maximum absolute atomic E-state index is 12.5. The highest BCUT2D eigenvalue weighted by molar-refractivity contribution is 6.01. The van der Waals surface area contributed by atoms with Crippen molar-refractivity contribution >= 4 is 11.7 Å². The monoisotopic (exact) mass is 411 g/mol. The number of halogens is 3. The van der Waals surface area contributed by atoms with Crippen molar-refractivity contribution < 1.29 is 37.4 Å². The summed E-state index contributed by atoms with van der Waals surface area (Å²) < 4.78 is 47.0. The second kappa shape index (κ2) is 10.4. The van der Waals surface area contributed by atoms with Gasteiger partial charge in [0, 0.05) is 5.56 Å². The molecule has 2 aromatic rings. The van der Waals surface area contributed by atoms with Crippen LogP contribution in [0.2, 0.25) is 0 Å². The molecule has 6 nitrogen and oxygen atoms in total. The molecule has 0 unspecified atom stereocenters. The van der Waals surface area contributed by atoms with Gasteiger partial charge in [-0.2, -0.15) is 0 Å². The van der Waals surface area contributed by atoms with Crippen molar-refractivity contribution in [1.29, 1.82) is 0 Å². The lowest BCUT2D eigenvalue weighted by Gasteiger charge is -2.12. The predicted octanol–water partition coefficient (Wildman–Crippen LogP) is 4.42. The molecule has 0 aliphatic carbocycles. The summed E-state index contributed by atoms with van der Waals surface area (Å²) in [4.78, 5) is 16.0. The number of aliphatic carboxylic acids is 1. The highest BCUT2D eigenvalue weighted by Gasteiger charge is 2.31. The fourth-order valence-electron chi connectivity index (χ4n) is 2.32. The molecule has 2 aromatic carbocycles. The molecule has 2 rings (SSSR count). The molecule has 0 aliphatic rings. The average molecular weight is 411 g/mol. The van der Waals surface area contributed by atoms with Crippen molar-refractivity contribution in [1.82, 2.24) is 0 Å². The van der Waals surface area contributed by atoms with Gasteiger partial charge in [-0.15, -0.1) is 13.2 Å². The molecule has 9 heteroatoms. The maximum Gasteiger partial charge on any atom is 0.573 e. The molecule has 0 spiro atoms. The Morgan fingerprint density at radius 2 is 1.83 bits per heavy atom. The Balaban J connectivity index is 2.18. The summed E-state index contributed by atoms with van der Waals surface area (Å²) in [7, 11) is 0. The van der Waals surface area contributed by atoms with Crippen LogP contribution in [0.5, 0.6) is 11.5 Å². The number of carboxylic acids is 1. The van der Waals surface area contributed by atoms with Crippen LogP contribution < -0.4 is 9.47 Å². The normalized spacial score (nSPS) is 11.8. The zero-order valence-corrected chi connectivity index (χ0v) is 15.6. The van der Waals surface area contributed by atoms with Crippen molar-refractivity contribution in [3.63, 3.8) is 0 Å². The number of carbonyl (C=O) groups is 1. The fourth-order valence-corrected chi connectivity index (χ4v) is 2.32. The maximum atomic E-state index is 12.5. The number of hydrogen-bond donors (Lipinski definition) is 1. The molecule has 29 heavy (non-hydrogen) atoms. The first-order valence-corrected chi connectivity index (χ1v) is 8.75. The largest absolute Gasteiger partial charge is 0.573 e. The molecule has 0 aromatic heterocycles. The molecule has 1 N–H and O–H groups in total. The highest BCUT2D eigenvalue weighted by atomic mass is 19.4. The zero-order chi connectivity index (χ0) is 21.3. The van der Waals surface area contributed by atoms with Crippen LogP contribution in [0.4, 0.5) is 13.2 Å². The lowest BCUT2D eigenvalue weighted by atomic mass is 10.1. The number of alkyl halides is 3. The van der Waals surface area contributed by atoms with E-state index in [9.17, 15) is 18.0 Å². The molecule has 0 fully saturated rings. The van der Waals surface area contributed by atoms with Gasteiger partial charge in [0.15, 0.2) is 0 Å². The molecule has 0 aliphatic heterocycles. The first-order chi connectivity index (χ1) is 13.8. The van der Waals surface area contributed by atoms with Crippen LogP contribution in [-0.2, 0) is 16.1 Å². The summed E-state index contributed by atoms with van der Waals surface area (Å²) in [6.07, 6.45) is -4.27. The van der Waals surface area contributed by atoms with E-state index in [1.54, 1.807) is 30.3 Å². The topological polar surface area (TPSA) is 77.4 Å². The van der Waals surface area contributed by atoms with Gasteiger partial charge < -0.3 is 19.4 Å². The smallest absolute Gasteiger partial charge is 0.487 e. The van der Waals surface area contributed by atoms with E-state index in [1.165, 1.54) is 18.2 Å². The minimum Gasteiger partial charge on any atom is -0.487 e. The van der Waals surface area contributed by atoms with Gasteiger partial charge in [-0.1, -0.05) is 36.3 Å². The van der Waals surface area contributed by atoms with Crippen LogP contribution in [0.1, 0.15) is 24.5 Å². The molecule has 0 amide bonds. The van der Waals surface area contributed by atoms with Crippen LogP contribution in [-0.4, -0.2) is 36.4 Å². The molecule has 0 saturated carbocycles. The van der Waals surface area contributed by atoms with E-state index in [0.29, 0.717) is 29.9 Å². The van der Waals surface area contributed by atoms with Gasteiger partial charge in [-0.05, 0) is 36.2 Å². The molecule has 0 atom stereocenters. The minimum atomic E-state index is -4.81. The third-order valence-electron chi connectivity index (χ3n) is 3.50. The van der Waals surface area contributed by atoms with Crippen molar-refractivity contribution in [3.05, 3.63) is 59.7 Å². The van der Waals surface area contributed by atoms with E-state index in [4.69, 9.17) is 14.7 Å². The van der Waals surface area contributed by atoms with Gasteiger partial charge in [0.25, 0.3) is 0 Å². The van der Waals surface area contributed by atoms with Gasteiger partial charge in [0.05, 0.1) is 6.42 Å². The Kier molecular flexibility index (Phi) is 7.88. The Hall–Kier alpha value is -3.23. The molecule has 0 bridgehead atoms. The summed E-state index contributed by atoms with van der Waals surface area (Å²) in [5, 5.41) is 12.9. The minimum absolute atomic E-state index is 0.101. The van der Waals surface area contributed by atoms with Crippen LogP contribution in [0.25, 0.3) is 0 Å². The Morgan fingerprint density at radius 1 is 1.10 bits per heavy atom. The Morgan fingerprint density at radius 3 is 2.52 bits per heavy atom. The van der Waals surface area contributed by atoms with Gasteiger partial charge in [-0.3, -0.25) is 4.79 Å². The van der Waals surface area contributed by atoms with E-state index < -0.39 is 12.3 Å². The Bertz CT molecular complexity index is 852. The van der Waals surface area contributed by atoms with Crippen molar-refractivity contribution in [3.8, 4) is 11.5 Å². The summed E-state index contributed by atoms with van der Waals surface area (Å²) in [5.41, 5.74) is 1.15. The number of hydrogen-bond acceptors (Lipinski definition) is 5. The van der Waals surface area contributed by atoms with Gasteiger partial charge >= 0.3 is 12.3 Å². The second-order valence-corrected chi connectivity index (χ2v) is 5.95. The second-order valence-electron chi connectivity index (χ2n) is 5.95. The third kappa shape index (κ3) is 8.12. The van der Waals surface area contributed by atoms with E-state index >= 15 is 0 Å². The first-order valence-electron chi connectivity index (χ1n) is 8.75. The SMILES string of the molecule is CCCO/N=C(\COc1cccc(CC(=O)O)c1)c1cccc(OC(F)(F)F)c1. The molecule has 0 radical (unpaired) electrons. The predicted molar refractivity (Wildman–Crippen MR) is 99.2 cm³/mol. The summed E-state index contributed by atoms with van der Waals surface area (Å²) in [5.74, 6) is -0.963. The molecular formula is C20H20F3NO5. The highest BCUT2D eigenvalue weighted by Crippen LogP contribution is 2.24. The lowest BCUT2D eigenvalue weighted by molar-refractivity contribution is -0.274. The van der Waals surface area contributed by atoms with Crippen LogP contribution in [0.15, 0.2) is 53.7 Å². The number of oxime groups is 1. The molecule has 156 valence electrons. The number of rotatable bonds is 10. The summed E-state index contributed by atoms with van der Waals surface area (Å²) in [6, 6.07) is 11.8. The number of nitrogens with zero attached hydrogens (tertiary/aromatic N) is 1. The van der Waals surface area contributed by atoms with Crippen molar-refractivity contribution in [2.75, 3.05) is 13.2 Å². The van der Waals surface area contributed by atoms with Gasteiger partial charge in [-0.25, -0.2) is 0 Å². The number of carboxylic acid groups (broad SMARTS) is 1. The van der Waals surface area contributed by atoms with E-state index in [2.05, 4.69) is 9.89 Å². The van der Waals surface area contributed by atoms with E-state index in [-0.39, 0.29) is 24.5 Å². The third-order valence-corrected chi connectivity index (χ3v) is 3.50. The standard InChI is InChI=1S/C20H20F3NO5/c1-2-9-28-24-18(15-6-4-8-17(12-15)29-20(21,22)23)13-27-16-7-3-5-14(10-16)11-19(25)26/h3-8,10,12H,2,9,11,13H2,1H3,(H,25,26)/b24-18+. The van der Waals surface area contributed by atoms with Gasteiger partial charge in [0.2, 0.25) is 0 Å². The average Bonchev–Trinajstić information content (AvgIpc) is 2.63. The van der Waals surface area contributed by atoms with E-state index in [1.807, 2.05) is 6.92 Å². The Labute approximate surface area is 165 Å². The van der Waals surface area contributed by atoms with Gasteiger partial charge in [0.1, 0.15) is 30.4 Å². The van der Waals surface area contributed by atoms with Crippen LogP contribution in [0.3, 0.4) is 0 Å². The first kappa shape index (κ1) is 22.1. The van der Waals surface area contributed by atoms with Crippen molar-refractivity contribution in [2.24, 2.45) is 5.16 Å². The molecular weight excluding hydrogens is 391 g/mol. The number of ether oxygens (including phenoxy) is 2. The van der Waals surface area contributed by atoms with Crippen LogP contribution in [0, 0.1) is 0 Å². The van der Waals surface area contributed by atoms with Crippen LogP contribution >= 0.6 is 0 Å². The summed E-state index contributed by atoms with van der Waals surface area (Å²) in [6.45, 7) is 2.11. The summed E-state index contributed by atoms with van der Waals surface area (Å²) >= 11 is 0. The quantitative estimate of drug-likeness (QED) is 0.356. The number of benzene rings is 2.